The van der Waals surface area contributed by atoms with E-state index in [4.69, 9.17) is 4.74 Å². The van der Waals surface area contributed by atoms with Crippen LogP contribution in [0.1, 0.15) is 49.7 Å². The highest BCUT2D eigenvalue weighted by Crippen LogP contribution is 2.59. The highest BCUT2D eigenvalue weighted by Gasteiger charge is 2.54. The molecule has 5 unspecified atom stereocenters. The van der Waals surface area contributed by atoms with Crippen LogP contribution in [0.15, 0.2) is 30.4 Å². The molecule has 5 atom stereocenters. The molecule has 3 aliphatic carbocycles. The normalized spacial score (nSPS) is 36.6. The SMILES string of the molecule is C=C(C)C1CC1C1C2CCN(CC3CC3)C1Cc1ccc(OC)cc12. The third-order valence-electron chi connectivity index (χ3n) is 7.44. The first-order valence-corrected chi connectivity index (χ1v) is 10.2. The zero-order chi connectivity index (χ0) is 17.1. The zero-order valence-corrected chi connectivity index (χ0v) is 15.7. The summed E-state index contributed by atoms with van der Waals surface area (Å²) in [5.41, 5.74) is 4.59. The second kappa shape index (κ2) is 5.87. The van der Waals surface area contributed by atoms with Gasteiger partial charge in [-0.15, -0.1) is 0 Å². The van der Waals surface area contributed by atoms with Crippen LogP contribution in [0.3, 0.4) is 0 Å². The molecule has 2 bridgehead atoms. The van der Waals surface area contributed by atoms with E-state index >= 15 is 0 Å². The Morgan fingerprint density at radius 1 is 1.28 bits per heavy atom. The minimum absolute atomic E-state index is 0.730. The van der Waals surface area contributed by atoms with Gasteiger partial charge < -0.3 is 4.74 Å². The van der Waals surface area contributed by atoms with Crippen molar-refractivity contribution in [3.63, 3.8) is 0 Å². The number of nitrogens with zero attached hydrogens (tertiary/aromatic N) is 1. The van der Waals surface area contributed by atoms with Gasteiger partial charge in [-0.05, 0) is 98.4 Å². The number of likely N-dealkylation sites (tertiary alicyclic amines) is 1. The summed E-state index contributed by atoms with van der Waals surface area (Å²) >= 11 is 0. The van der Waals surface area contributed by atoms with Crippen LogP contribution in [0.25, 0.3) is 0 Å². The fraction of sp³-hybridized carbons (Fsp3) is 0.652. The molecule has 25 heavy (non-hydrogen) atoms. The number of fused-ring (bicyclic) bond motifs is 4. The molecular weight excluding hydrogens is 306 g/mol. The number of piperidine rings is 1. The van der Waals surface area contributed by atoms with Crippen molar-refractivity contribution < 1.29 is 4.74 Å². The van der Waals surface area contributed by atoms with Gasteiger partial charge in [0.15, 0.2) is 0 Å². The lowest BCUT2D eigenvalue weighted by molar-refractivity contribution is 0.0475. The van der Waals surface area contributed by atoms with Crippen LogP contribution in [-0.4, -0.2) is 31.1 Å². The summed E-state index contributed by atoms with van der Waals surface area (Å²) in [6.07, 6.45) is 6.87. The average molecular weight is 338 g/mol. The molecule has 2 heteroatoms. The Morgan fingerprint density at radius 3 is 2.80 bits per heavy atom. The van der Waals surface area contributed by atoms with Crippen molar-refractivity contribution in [2.24, 2.45) is 23.7 Å². The molecule has 3 fully saturated rings. The molecule has 1 saturated heterocycles. The molecule has 0 spiro atoms. The van der Waals surface area contributed by atoms with Gasteiger partial charge >= 0.3 is 0 Å². The van der Waals surface area contributed by atoms with Gasteiger partial charge in [-0.1, -0.05) is 18.2 Å². The second-order valence-electron chi connectivity index (χ2n) is 9.10. The van der Waals surface area contributed by atoms with Gasteiger partial charge in [0.05, 0.1) is 7.11 Å². The van der Waals surface area contributed by atoms with Crippen molar-refractivity contribution in [3.05, 3.63) is 41.5 Å². The predicted octanol–water partition coefficient (Wildman–Crippen LogP) is 4.65. The van der Waals surface area contributed by atoms with Crippen molar-refractivity contribution in [2.75, 3.05) is 20.2 Å². The fourth-order valence-corrected chi connectivity index (χ4v) is 5.91. The van der Waals surface area contributed by atoms with E-state index in [0.29, 0.717) is 0 Å². The van der Waals surface area contributed by atoms with Gasteiger partial charge in [0.25, 0.3) is 0 Å². The van der Waals surface area contributed by atoms with Gasteiger partial charge in [-0.25, -0.2) is 0 Å². The Balaban J connectivity index is 1.49. The van der Waals surface area contributed by atoms with Crippen LogP contribution in [0.2, 0.25) is 0 Å². The molecule has 4 aliphatic rings. The number of allylic oxidation sites excluding steroid dienone is 1. The third kappa shape index (κ3) is 2.73. The Labute approximate surface area is 152 Å². The summed E-state index contributed by atoms with van der Waals surface area (Å²) < 4.78 is 5.55. The van der Waals surface area contributed by atoms with Gasteiger partial charge in [0.1, 0.15) is 5.75 Å². The Morgan fingerprint density at radius 2 is 2.12 bits per heavy atom. The summed E-state index contributed by atoms with van der Waals surface area (Å²) in [5, 5.41) is 0. The monoisotopic (exact) mass is 337 g/mol. The lowest BCUT2D eigenvalue weighted by Gasteiger charge is -2.50. The van der Waals surface area contributed by atoms with Crippen molar-refractivity contribution in [1.82, 2.24) is 4.90 Å². The first kappa shape index (κ1) is 15.9. The van der Waals surface area contributed by atoms with Crippen molar-refractivity contribution in [3.8, 4) is 5.75 Å². The van der Waals surface area contributed by atoms with E-state index in [1.54, 1.807) is 18.2 Å². The van der Waals surface area contributed by atoms with Crippen molar-refractivity contribution >= 4 is 0 Å². The molecule has 2 nitrogen and oxygen atoms in total. The summed E-state index contributed by atoms with van der Waals surface area (Å²) in [4.78, 5) is 2.87. The summed E-state index contributed by atoms with van der Waals surface area (Å²) in [6.45, 7) is 9.16. The number of hydrogen-bond acceptors (Lipinski definition) is 2. The molecule has 0 amide bonds. The Kier molecular flexibility index (Phi) is 3.74. The smallest absolute Gasteiger partial charge is 0.119 e. The number of benzene rings is 1. The molecule has 0 aromatic heterocycles. The molecule has 0 radical (unpaired) electrons. The van der Waals surface area contributed by atoms with Gasteiger partial charge in [0, 0.05) is 12.6 Å². The molecule has 1 heterocycles. The van der Waals surface area contributed by atoms with Crippen LogP contribution in [-0.2, 0) is 6.42 Å². The van der Waals surface area contributed by atoms with E-state index < -0.39 is 0 Å². The molecule has 1 aromatic carbocycles. The Bertz CT molecular complexity index is 691. The molecule has 1 aliphatic heterocycles. The predicted molar refractivity (Wildman–Crippen MR) is 102 cm³/mol. The van der Waals surface area contributed by atoms with E-state index in [9.17, 15) is 0 Å². The molecule has 0 N–H and O–H groups in total. The van der Waals surface area contributed by atoms with Gasteiger partial charge in [-0.3, -0.25) is 4.90 Å². The molecule has 134 valence electrons. The first-order valence-electron chi connectivity index (χ1n) is 10.2. The third-order valence-corrected chi connectivity index (χ3v) is 7.44. The highest BCUT2D eigenvalue weighted by atomic mass is 16.5. The number of ether oxygens (including phenoxy) is 1. The number of methoxy groups -OCH3 is 1. The van der Waals surface area contributed by atoms with Crippen LogP contribution in [0.4, 0.5) is 0 Å². The minimum Gasteiger partial charge on any atom is -0.497 e. The van der Waals surface area contributed by atoms with E-state index in [1.165, 1.54) is 50.8 Å². The van der Waals surface area contributed by atoms with Gasteiger partial charge in [-0.2, -0.15) is 0 Å². The minimum atomic E-state index is 0.730. The second-order valence-corrected chi connectivity index (χ2v) is 9.10. The number of hydrogen-bond donors (Lipinski definition) is 0. The highest BCUT2D eigenvalue weighted by molar-refractivity contribution is 5.42. The summed E-state index contributed by atoms with van der Waals surface area (Å²) in [6, 6.07) is 7.61. The lowest BCUT2D eigenvalue weighted by atomic mass is 9.65. The van der Waals surface area contributed by atoms with Crippen molar-refractivity contribution in [2.45, 2.75) is 51.0 Å². The van der Waals surface area contributed by atoms with Crippen LogP contribution in [0.5, 0.6) is 5.75 Å². The van der Waals surface area contributed by atoms with E-state index in [1.807, 2.05) is 0 Å². The van der Waals surface area contributed by atoms with Gasteiger partial charge in [0.2, 0.25) is 0 Å². The largest absolute Gasteiger partial charge is 0.497 e. The van der Waals surface area contributed by atoms with Crippen LogP contribution >= 0.6 is 0 Å². The number of rotatable bonds is 5. The van der Waals surface area contributed by atoms with Crippen molar-refractivity contribution in [1.29, 1.82) is 0 Å². The van der Waals surface area contributed by atoms with Crippen LogP contribution < -0.4 is 4.74 Å². The Hall–Kier alpha value is -1.28. The summed E-state index contributed by atoms with van der Waals surface area (Å²) in [5.74, 6) is 5.23. The lowest BCUT2D eigenvalue weighted by Crippen LogP contribution is -2.53. The maximum Gasteiger partial charge on any atom is 0.119 e. The first-order chi connectivity index (χ1) is 12.2. The molecule has 5 rings (SSSR count). The maximum atomic E-state index is 5.55. The molecule has 2 saturated carbocycles. The summed E-state index contributed by atoms with van der Waals surface area (Å²) in [7, 11) is 1.79. The quantitative estimate of drug-likeness (QED) is 0.725. The fourth-order valence-electron chi connectivity index (χ4n) is 5.91. The maximum absolute atomic E-state index is 5.55. The average Bonchev–Trinajstić information content (AvgIpc) is 3.51. The standard InChI is InChI=1S/C23H31NO/c1-14(2)19-12-21(19)23-18-8-9-24(13-15-4-5-15)22(23)10-16-6-7-17(25-3)11-20(16)18/h6-7,11,15,18-19,21-23H,1,4-5,8-10,12-13H2,2-3H3. The van der Waals surface area contributed by atoms with E-state index in [2.05, 4.69) is 36.6 Å². The molecule has 1 aromatic rings. The van der Waals surface area contributed by atoms with E-state index in [0.717, 1.165) is 41.4 Å². The van der Waals surface area contributed by atoms with Crippen LogP contribution in [0, 0.1) is 23.7 Å². The zero-order valence-electron chi connectivity index (χ0n) is 15.7. The van der Waals surface area contributed by atoms with E-state index in [-0.39, 0.29) is 0 Å². The molecular formula is C23H31NO. The topological polar surface area (TPSA) is 12.5 Å².